The Morgan fingerprint density at radius 1 is 1.55 bits per heavy atom. The van der Waals surface area contributed by atoms with Crippen LogP contribution in [0.3, 0.4) is 0 Å². The summed E-state index contributed by atoms with van der Waals surface area (Å²) in [5.74, 6) is 0.477. The summed E-state index contributed by atoms with van der Waals surface area (Å²) in [5.41, 5.74) is 9.00. The maximum absolute atomic E-state index is 13.8. The molecule has 2 N–H and O–H groups in total. The highest BCUT2D eigenvalue weighted by Crippen LogP contribution is 2.32. The van der Waals surface area contributed by atoms with Crippen molar-refractivity contribution in [2.75, 3.05) is 18.8 Å². The predicted octanol–water partition coefficient (Wildman–Crippen LogP) is 2.73. The number of hydrogen-bond acceptors (Lipinski definition) is 5. The Balaban J connectivity index is 1.94. The van der Waals surface area contributed by atoms with E-state index in [0.29, 0.717) is 34.8 Å². The van der Waals surface area contributed by atoms with Crippen LogP contribution >= 0.6 is 23.1 Å². The van der Waals surface area contributed by atoms with E-state index in [9.17, 15) is 9.18 Å². The minimum absolute atomic E-state index is 0.00296. The Kier molecular flexibility index (Phi) is 4.46. The number of aryl methyl sites for hydroxylation is 1. The summed E-state index contributed by atoms with van der Waals surface area (Å²) in [7, 11) is 0. The van der Waals surface area contributed by atoms with Gasteiger partial charge < -0.3 is 10.6 Å². The summed E-state index contributed by atoms with van der Waals surface area (Å²) in [6, 6.07) is 4.99. The van der Waals surface area contributed by atoms with Gasteiger partial charge in [-0.25, -0.2) is 9.37 Å². The number of carbonyl (C=O) groups is 1. The molecule has 7 heteroatoms. The second-order valence-corrected chi connectivity index (χ2v) is 7.19. The van der Waals surface area contributed by atoms with Crippen LogP contribution in [0.25, 0.3) is 10.4 Å². The van der Waals surface area contributed by atoms with Gasteiger partial charge in [-0.1, -0.05) is 12.1 Å². The normalized spacial score (nSPS) is 18.0. The van der Waals surface area contributed by atoms with Crippen LogP contribution in [0.5, 0.6) is 0 Å². The van der Waals surface area contributed by atoms with Crippen molar-refractivity contribution >= 4 is 29.0 Å². The fourth-order valence-corrected chi connectivity index (χ4v) is 4.29. The second kappa shape index (κ2) is 6.36. The highest BCUT2D eigenvalue weighted by atomic mass is 32.2. The van der Waals surface area contributed by atoms with Crippen molar-refractivity contribution in [1.29, 1.82) is 0 Å². The van der Waals surface area contributed by atoms with Crippen LogP contribution < -0.4 is 5.73 Å². The summed E-state index contributed by atoms with van der Waals surface area (Å²) in [6.45, 7) is 2.81. The highest BCUT2D eigenvalue weighted by molar-refractivity contribution is 8.00. The van der Waals surface area contributed by atoms with Gasteiger partial charge in [0, 0.05) is 18.8 Å². The van der Waals surface area contributed by atoms with E-state index in [4.69, 9.17) is 5.73 Å². The number of benzene rings is 1. The summed E-state index contributed by atoms with van der Waals surface area (Å²) >= 11 is 3.03. The van der Waals surface area contributed by atoms with Gasteiger partial charge in [-0.3, -0.25) is 4.79 Å². The van der Waals surface area contributed by atoms with E-state index < -0.39 is 0 Å². The van der Waals surface area contributed by atoms with E-state index in [2.05, 4.69) is 4.98 Å². The number of amides is 1. The van der Waals surface area contributed by atoms with Crippen molar-refractivity contribution in [3.63, 3.8) is 0 Å². The number of nitrogens with two attached hydrogens (primary N) is 1. The first-order chi connectivity index (χ1) is 10.6. The Morgan fingerprint density at radius 3 is 3.09 bits per heavy atom. The first-order valence-corrected chi connectivity index (χ1v) is 8.87. The number of rotatable bonds is 3. The molecule has 0 radical (unpaired) electrons. The fraction of sp³-hybridized carbons (Fsp3) is 0.333. The lowest BCUT2D eigenvalue weighted by Crippen LogP contribution is -2.39. The second-order valence-electron chi connectivity index (χ2n) is 5.05. The lowest BCUT2D eigenvalue weighted by atomic mass is 10.1. The molecule has 1 saturated heterocycles. The third-order valence-electron chi connectivity index (χ3n) is 3.66. The van der Waals surface area contributed by atoms with Crippen LogP contribution in [0.15, 0.2) is 23.7 Å². The molecule has 1 unspecified atom stereocenters. The average Bonchev–Trinajstić information content (AvgIpc) is 3.17. The zero-order valence-electron chi connectivity index (χ0n) is 12.1. The zero-order valence-corrected chi connectivity index (χ0v) is 13.7. The molecular weight excluding hydrogens is 321 g/mol. The molecule has 0 bridgehead atoms. The number of halogens is 1. The van der Waals surface area contributed by atoms with Crippen molar-refractivity contribution in [2.24, 2.45) is 5.73 Å². The van der Waals surface area contributed by atoms with E-state index in [-0.39, 0.29) is 17.1 Å². The van der Waals surface area contributed by atoms with Crippen molar-refractivity contribution in [3.8, 4) is 10.4 Å². The van der Waals surface area contributed by atoms with E-state index in [1.54, 1.807) is 35.2 Å². The van der Waals surface area contributed by atoms with Gasteiger partial charge in [-0.2, -0.15) is 0 Å². The monoisotopic (exact) mass is 337 g/mol. The first-order valence-electron chi connectivity index (χ1n) is 6.94. The van der Waals surface area contributed by atoms with E-state index in [0.717, 1.165) is 5.75 Å². The van der Waals surface area contributed by atoms with Gasteiger partial charge in [0.15, 0.2) is 0 Å². The highest BCUT2D eigenvalue weighted by Gasteiger charge is 2.31. The molecule has 0 spiro atoms. The molecule has 1 aliphatic rings. The third-order valence-corrected chi connectivity index (χ3v) is 5.78. The van der Waals surface area contributed by atoms with Gasteiger partial charge >= 0.3 is 0 Å². The SMILES string of the molecule is Cc1ccc(-c2scnc2C(=O)N2CCSC2CN)cc1F. The van der Waals surface area contributed by atoms with Crippen LogP contribution in [-0.2, 0) is 0 Å². The van der Waals surface area contributed by atoms with Crippen LogP contribution in [0.4, 0.5) is 4.39 Å². The number of aromatic nitrogens is 1. The lowest BCUT2D eigenvalue weighted by molar-refractivity contribution is 0.0760. The van der Waals surface area contributed by atoms with Gasteiger partial charge in [-0.05, 0) is 24.1 Å². The summed E-state index contributed by atoms with van der Waals surface area (Å²) < 4.78 is 13.8. The van der Waals surface area contributed by atoms with Gasteiger partial charge in [0.2, 0.25) is 0 Å². The molecule has 0 saturated carbocycles. The Bertz CT molecular complexity index is 704. The van der Waals surface area contributed by atoms with Crippen molar-refractivity contribution in [3.05, 3.63) is 40.8 Å². The van der Waals surface area contributed by atoms with Gasteiger partial charge in [0.05, 0.1) is 15.8 Å². The molecular formula is C15H16FN3OS2. The summed E-state index contributed by atoms with van der Waals surface area (Å²) in [5, 5.41) is -0.00296. The molecule has 3 rings (SSSR count). The standard InChI is InChI=1S/C15H16FN3OS2/c1-9-2-3-10(6-11(9)16)14-13(18-8-22-14)15(20)19-4-5-21-12(19)7-17/h2-3,6,8,12H,4-5,7,17H2,1H3. The molecule has 1 aliphatic heterocycles. The minimum atomic E-state index is -0.277. The first kappa shape index (κ1) is 15.5. The van der Waals surface area contributed by atoms with Gasteiger partial charge in [-0.15, -0.1) is 23.1 Å². The van der Waals surface area contributed by atoms with E-state index >= 15 is 0 Å². The third kappa shape index (κ3) is 2.76. The van der Waals surface area contributed by atoms with E-state index in [1.807, 2.05) is 6.07 Å². The predicted molar refractivity (Wildman–Crippen MR) is 88.6 cm³/mol. The Labute approximate surface area is 136 Å². The quantitative estimate of drug-likeness (QED) is 0.935. The summed E-state index contributed by atoms with van der Waals surface area (Å²) in [6.07, 6.45) is 0. The molecule has 1 amide bonds. The molecule has 1 aromatic heterocycles. The van der Waals surface area contributed by atoms with Crippen LogP contribution in [-0.4, -0.2) is 40.0 Å². The fourth-order valence-electron chi connectivity index (χ4n) is 2.42. The largest absolute Gasteiger partial charge is 0.328 e. The average molecular weight is 337 g/mol. The number of thioether (sulfide) groups is 1. The molecule has 1 atom stereocenters. The number of thiazole rings is 1. The molecule has 2 heterocycles. The van der Waals surface area contributed by atoms with Crippen LogP contribution in [0, 0.1) is 12.7 Å². The van der Waals surface area contributed by atoms with Gasteiger partial charge in [0.25, 0.3) is 5.91 Å². The number of nitrogens with zero attached hydrogens (tertiary/aromatic N) is 2. The molecule has 4 nitrogen and oxygen atoms in total. The van der Waals surface area contributed by atoms with Crippen LogP contribution in [0.1, 0.15) is 16.1 Å². The number of carbonyl (C=O) groups excluding carboxylic acids is 1. The summed E-state index contributed by atoms with van der Waals surface area (Å²) in [4.78, 5) is 19.4. The molecule has 1 fully saturated rings. The lowest BCUT2D eigenvalue weighted by Gasteiger charge is -2.22. The van der Waals surface area contributed by atoms with Crippen molar-refractivity contribution in [1.82, 2.24) is 9.88 Å². The van der Waals surface area contributed by atoms with Gasteiger partial charge in [0.1, 0.15) is 11.5 Å². The molecule has 2 aromatic rings. The molecule has 0 aliphatic carbocycles. The molecule has 22 heavy (non-hydrogen) atoms. The maximum atomic E-state index is 13.8. The Hall–Kier alpha value is -1.44. The topological polar surface area (TPSA) is 59.2 Å². The number of hydrogen-bond donors (Lipinski definition) is 1. The maximum Gasteiger partial charge on any atom is 0.274 e. The smallest absolute Gasteiger partial charge is 0.274 e. The zero-order chi connectivity index (χ0) is 15.7. The minimum Gasteiger partial charge on any atom is -0.328 e. The van der Waals surface area contributed by atoms with E-state index in [1.165, 1.54) is 17.4 Å². The van der Waals surface area contributed by atoms with Crippen molar-refractivity contribution < 1.29 is 9.18 Å². The molecule has 116 valence electrons. The Morgan fingerprint density at radius 2 is 2.36 bits per heavy atom. The van der Waals surface area contributed by atoms with Crippen LogP contribution in [0.2, 0.25) is 0 Å². The molecule has 1 aromatic carbocycles. The van der Waals surface area contributed by atoms with Crippen molar-refractivity contribution in [2.45, 2.75) is 12.3 Å².